The van der Waals surface area contributed by atoms with Gasteiger partial charge in [0.2, 0.25) is 0 Å². The number of amides is 1. The van der Waals surface area contributed by atoms with Crippen molar-refractivity contribution in [2.75, 3.05) is 5.32 Å². The van der Waals surface area contributed by atoms with Gasteiger partial charge in [-0.1, -0.05) is 11.3 Å². The second kappa shape index (κ2) is 3.91. The molecular formula is C9H6N2O5S. The van der Waals surface area contributed by atoms with Crippen LogP contribution in [0, 0.1) is 0 Å². The van der Waals surface area contributed by atoms with Gasteiger partial charge in [-0.2, -0.15) is 0 Å². The lowest BCUT2D eigenvalue weighted by atomic mass is 10.2. The molecule has 2 aromatic heterocycles. The Labute approximate surface area is 97.7 Å². The third-order valence-corrected chi connectivity index (χ3v) is 3.10. The SMILES string of the molecule is O=C(O)C(=O)Nc1sc2[nH]ccc2c1C(=O)O. The van der Waals surface area contributed by atoms with Crippen LogP contribution in [0.2, 0.25) is 0 Å². The molecule has 0 bridgehead atoms. The Hall–Kier alpha value is -2.35. The zero-order valence-electron chi connectivity index (χ0n) is 8.18. The number of rotatable bonds is 2. The maximum Gasteiger partial charge on any atom is 0.394 e. The van der Waals surface area contributed by atoms with Crippen molar-refractivity contribution in [1.29, 1.82) is 0 Å². The van der Waals surface area contributed by atoms with Gasteiger partial charge in [-0.05, 0) is 6.07 Å². The second-order valence-corrected chi connectivity index (χ2v) is 4.11. The number of carboxylic acids is 2. The zero-order chi connectivity index (χ0) is 12.6. The van der Waals surface area contributed by atoms with E-state index in [0.29, 0.717) is 10.2 Å². The fraction of sp³-hybridized carbons (Fsp3) is 0. The van der Waals surface area contributed by atoms with Gasteiger partial charge in [-0.25, -0.2) is 9.59 Å². The molecule has 0 unspecified atom stereocenters. The Morgan fingerprint density at radius 1 is 1.29 bits per heavy atom. The number of fused-ring (bicyclic) bond motifs is 1. The first-order valence-electron chi connectivity index (χ1n) is 4.38. The summed E-state index contributed by atoms with van der Waals surface area (Å²) in [6, 6.07) is 1.55. The number of aromatic amines is 1. The third kappa shape index (κ3) is 1.85. The van der Waals surface area contributed by atoms with Crippen LogP contribution in [0.15, 0.2) is 12.3 Å². The van der Waals surface area contributed by atoms with E-state index in [1.165, 1.54) is 0 Å². The van der Waals surface area contributed by atoms with Crippen molar-refractivity contribution in [2.45, 2.75) is 0 Å². The van der Waals surface area contributed by atoms with Crippen LogP contribution in [-0.4, -0.2) is 33.0 Å². The molecule has 0 fully saturated rings. The monoisotopic (exact) mass is 254 g/mol. The topological polar surface area (TPSA) is 119 Å². The molecule has 88 valence electrons. The number of aliphatic carboxylic acids is 1. The number of aromatic carboxylic acids is 1. The van der Waals surface area contributed by atoms with Gasteiger partial charge >= 0.3 is 17.8 Å². The van der Waals surface area contributed by atoms with Crippen molar-refractivity contribution in [3.63, 3.8) is 0 Å². The Morgan fingerprint density at radius 2 is 2.00 bits per heavy atom. The summed E-state index contributed by atoms with van der Waals surface area (Å²) in [6.07, 6.45) is 1.57. The van der Waals surface area contributed by atoms with E-state index >= 15 is 0 Å². The van der Waals surface area contributed by atoms with Crippen LogP contribution in [0.1, 0.15) is 10.4 Å². The molecule has 2 heterocycles. The average molecular weight is 254 g/mol. The number of carboxylic acid groups (broad SMARTS) is 2. The largest absolute Gasteiger partial charge is 0.478 e. The van der Waals surface area contributed by atoms with Crippen molar-refractivity contribution >= 4 is 44.4 Å². The maximum absolute atomic E-state index is 11.0. The van der Waals surface area contributed by atoms with Crippen LogP contribution in [0.3, 0.4) is 0 Å². The number of carbonyl (C=O) groups is 3. The predicted octanol–water partition coefficient (Wildman–Crippen LogP) is 0.951. The van der Waals surface area contributed by atoms with Crippen LogP contribution in [0.5, 0.6) is 0 Å². The van der Waals surface area contributed by atoms with Gasteiger partial charge in [0.1, 0.15) is 15.4 Å². The maximum atomic E-state index is 11.0. The normalized spacial score (nSPS) is 10.4. The number of hydrogen-bond donors (Lipinski definition) is 4. The van der Waals surface area contributed by atoms with E-state index in [2.05, 4.69) is 4.98 Å². The quantitative estimate of drug-likeness (QED) is 0.595. The summed E-state index contributed by atoms with van der Waals surface area (Å²) in [5, 5.41) is 19.9. The van der Waals surface area contributed by atoms with Crippen LogP contribution < -0.4 is 5.32 Å². The molecule has 0 radical (unpaired) electrons. The number of anilines is 1. The van der Waals surface area contributed by atoms with Gasteiger partial charge in [0, 0.05) is 11.6 Å². The lowest BCUT2D eigenvalue weighted by molar-refractivity contribution is -0.147. The first-order chi connectivity index (χ1) is 8.00. The number of hydrogen-bond acceptors (Lipinski definition) is 4. The van der Waals surface area contributed by atoms with Crippen LogP contribution in [0.4, 0.5) is 5.00 Å². The molecule has 0 saturated carbocycles. The highest BCUT2D eigenvalue weighted by atomic mass is 32.1. The minimum absolute atomic E-state index is 0.00625. The standard InChI is InChI=1S/C9H6N2O5S/c12-5(9(15)16)11-7-4(8(13)14)3-1-2-10-6(3)17-7/h1-2,10H,(H,11,12)(H,13,14)(H,15,16). The second-order valence-electron chi connectivity index (χ2n) is 3.09. The summed E-state index contributed by atoms with van der Waals surface area (Å²) in [5.41, 5.74) is -0.110. The minimum atomic E-state index is -1.67. The van der Waals surface area contributed by atoms with Gasteiger partial charge in [0.15, 0.2) is 0 Å². The summed E-state index contributed by atoms with van der Waals surface area (Å²) in [6.45, 7) is 0. The number of carbonyl (C=O) groups excluding carboxylic acids is 1. The van der Waals surface area contributed by atoms with E-state index in [1.807, 2.05) is 5.32 Å². The molecule has 17 heavy (non-hydrogen) atoms. The molecule has 7 nitrogen and oxygen atoms in total. The predicted molar refractivity (Wildman–Crippen MR) is 59.4 cm³/mol. The number of thiophene rings is 1. The fourth-order valence-corrected chi connectivity index (χ4v) is 2.42. The summed E-state index contributed by atoms with van der Waals surface area (Å²) < 4.78 is 0. The molecule has 0 aliphatic rings. The molecule has 0 saturated heterocycles. The van der Waals surface area contributed by atoms with Crippen molar-refractivity contribution < 1.29 is 24.6 Å². The lowest BCUT2D eigenvalue weighted by Crippen LogP contribution is -2.22. The van der Waals surface area contributed by atoms with Crippen molar-refractivity contribution in [3.8, 4) is 0 Å². The third-order valence-electron chi connectivity index (χ3n) is 2.04. The first-order valence-corrected chi connectivity index (χ1v) is 5.20. The van der Waals surface area contributed by atoms with Gasteiger partial charge in [-0.3, -0.25) is 4.79 Å². The van der Waals surface area contributed by atoms with E-state index in [0.717, 1.165) is 11.3 Å². The van der Waals surface area contributed by atoms with Crippen LogP contribution >= 0.6 is 11.3 Å². The van der Waals surface area contributed by atoms with Crippen molar-refractivity contribution in [1.82, 2.24) is 4.98 Å². The van der Waals surface area contributed by atoms with Gasteiger partial charge in [0.25, 0.3) is 0 Å². The van der Waals surface area contributed by atoms with Gasteiger partial charge < -0.3 is 20.5 Å². The molecule has 0 aliphatic carbocycles. The fourth-order valence-electron chi connectivity index (χ4n) is 1.37. The Bertz CT molecular complexity index is 626. The molecule has 0 aliphatic heterocycles. The van der Waals surface area contributed by atoms with E-state index in [9.17, 15) is 14.4 Å². The molecule has 0 aromatic carbocycles. The minimum Gasteiger partial charge on any atom is -0.478 e. The van der Waals surface area contributed by atoms with E-state index < -0.39 is 17.8 Å². The van der Waals surface area contributed by atoms with Crippen LogP contribution in [0.25, 0.3) is 10.2 Å². The molecule has 8 heteroatoms. The highest BCUT2D eigenvalue weighted by Crippen LogP contribution is 2.34. The average Bonchev–Trinajstić information content (AvgIpc) is 2.75. The van der Waals surface area contributed by atoms with E-state index in [4.69, 9.17) is 10.2 Å². The highest BCUT2D eigenvalue weighted by molar-refractivity contribution is 7.23. The van der Waals surface area contributed by atoms with Crippen molar-refractivity contribution in [2.24, 2.45) is 0 Å². The molecular weight excluding hydrogens is 248 g/mol. The number of aromatic nitrogens is 1. The molecule has 2 aromatic rings. The van der Waals surface area contributed by atoms with Gasteiger partial charge in [0.05, 0.1) is 0 Å². The Morgan fingerprint density at radius 3 is 2.59 bits per heavy atom. The summed E-state index contributed by atoms with van der Waals surface area (Å²) in [4.78, 5) is 35.7. The molecule has 2 rings (SSSR count). The molecule has 1 amide bonds. The first kappa shape index (κ1) is 11.1. The van der Waals surface area contributed by atoms with Gasteiger partial charge in [-0.15, -0.1) is 0 Å². The summed E-state index contributed by atoms with van der Waals surface area (Å²) in [5.74, 6) is -4.16. The number of H-pyrrole nitrogens is 1. The molecule has 0 atom stereocenters. The Balaban J connectivity index is 2.49. The van der Waals surface area contributed by atoms with Crippen molar-refractivity contribution in [3.05, 3.63) is 17.8 Å². The molecule has 4 N–H and O–H groups in total. The highest BCUT2D eigenvalue weighted by Gasteiger charge is 2.22. The molecule has 0 spiro atoms. The summed E-state index contributed by atoms with van der Waals surface area (Å²) >= 11 is 0.973. The van der Waals surface area contributed by atoms with E-state index in [1.54, 1.807) is 12.3 Å². The smallest absolute Gasteiger partial charge is 0.394 e. The zero-order valence-corrected chi connectivity index (χ0v) is 9.00. The summed E-state index contributed by atoms with van der Waals surface area (Å²) in [7, 11) is 0. The lowest BCUT2D eigenvalue weighted by Gasteiger charge is -1.99. The van der Waals surface area contributed by atoms with E-state index in [-0.39, 0.29) is 10.6 Å². The van der Waals surface area contributed by atoms with Crippen LogP contribution in [-0.2, 0) is 9.59 Å². The Kier molecular flexibility index (Phi) is 2.56. The number of nitrogens with one attached hydrogen (secondary N) is 2.